The summed E-state index contributed by atoms with van der Waals surface area (Å²) in [6.07, 6.45) is 0. The summed E-state index contributed by atoms with van der Waals surface area (Å²) in [4.78, 5) is 2.84. The molecule has 1 aromatic carbocycles. The van der Waals surface area contributed by atoms with Crippen molar-refractivity contribution in [2.75, 3.05) is 31.5 Å². The van der Waals surface area contributed by atoms with E-state index in [2.05, 4.69) is 29.4 Å². The van der Waals surface area contributed by atoms with Crippen molar-refractivity contribution in [1.82, 2.24) is 10.2 Å². The first-order valence-corrected chi connectivity index (χ1v) is 8.16. The minimum atomic E-state index is -2.40. The zero-order chi connectivity index (χ0) is 15.7. The van der Waals surface area contributed by atoms with Crippen molar-refractivity contribution in [3.8, 4) is 0 Å². The molecule has 118 valence electrons. The lowest BCUT2D eigenvalue weighted by molar-refractivity contribution is 0.252. The molecule has 0 amide bonds. The SMILES string of the molecule is CCN(CC)CCNC(=S)Nc1ccc(SC(F)F)cc1. The van der Waals surface area contributed by atoms with Gasteiger partial charge in [-0.2, -0.15) is 8.78 Å². The molecular formula is C14H21F2N3S2. The van der Waals surface area contributed by atoms with Crippen molar-refractivity contribution in [2.24, 2.45) is 0 Å². The van der Waals surface area contributed by atoms with Gasteiger partial charge in [0.05, 0.1) is 0 Å². The molecule has 2 N–H and O–H groups in total. The molecule has 0 heterocycles. The van der Waals surface area contributed by atoms with Gasteiger partial charge in [-0.05, 0) is 49.6 Å². The van der Waals surface area contributed by atoms with Crippen LogP contribution in [0.15, 0.2) is 29.2 Å². The van der Waals surface area contributed by atoms with E-state index in [0.717, 1.165) is 31.9 Å². The minimum absolute atomic E-state index is 0.533. The van der Waals surface area contributed by atoms with Crippen LogP contribution in [0.4, 0.5) is 14.5 Å². The van der Waals surface area contributed by atoms with Gasteiger partial charge in [-0.3, -0.25) is 0 Å². The zero-order valence-electron chi connectivity index (χ0n) is 12.2. The molecule has 0 aliphatic carbocycles. The molecule has 1 aromatic rings. The average Bonchev–Trinajstić information content (AvgIpc) is 2.45. The van der Waals surface area contributed by atoms with Gasteiger partial charge in [0.15, 0.2) is 5.11 Å². The van der Waals surface area contributed by atoms with E-state index in [0.29, 0.717) is 21.8 Å². The summed E-state index contributed by atoms with van der Waals surface area (Å²) >= 11 is 5.73. The second kappa shape index (κ2) is 9.92. The van der Waals surface area contributed by atoms with Gasteiger partial charge in [0.2, 0.25) is 0 Å². The van der Waals surface area contributed by atoms with Crippen molar-refractivity contribution in [1.29, 1.82) is 0 Å². The number of alkyl halides is 2. The molecule has 0 saturated carbocycles. The van der Waals surface area contributed by atoms with Crippen molar-refractivity contribution in [3.05, 3.63) is 24.3 Å². The summed E-state index contributed by atoms with van der Waals surface area (Å²) in [6.45, 7) is 7.98. The summed E-state index contributed by atoms with van der Waals surface area (Å²) in [5.41, 5.74) is 0.786. The van der Waals surface area contributed by atoms with E-state index >= 15 is 0 Å². The number of benzene rings is 1. The third kappa shape index (κ3) is 7.59. The molecule has 0 saturated heterocycles. The lowest BCUT2D eigenvalue weighted by Crippen LogP contribution is -2.36. The molecule has 0 aromatic heterocycles. The topological polar surface area (TPSA) is 27.3 Å². The van der Waals surface area contributed by atoms with Crippen LogP contribution in [0.25, 0.3) is 0 Å². The molecular weight excluding hydrogens is 312 g/mol. The third-order valence-electron chi connectivity index (χ3n) is 2.95. The molecule has 21 heavy (non-hydrogen) atoms. The smallest absolute Gasteiger partial charge is 0.288 e. The Morgan fingerprint density at radius 1 is 1.24 bits per heavy atom. The number of likely N-dealkylation sites (N-methyl/N-ethyl adjacent to an activating group) is 1. The highest BCUT2D eigenvalue weighted by Crippen LogP contribution is 2.26. The molecule has 3 nitrogen and oxygen atoms in total. The van der Waals surface area contributed by atoms with Crippen LogP contribution in [0.2, 0.25) is 0 Å². The summed E-state index contributed by atoms with van der Waals surface area (Å²) < 4.78 is 24.4. The van der Waals surface area contributed by atoms with Crippen LogP contribution < -0.4 is 10.6 Å². The first-order chi connectivity index (χ1) is 10.0. The fourth-order valence-corrected chi connectivity index (χ4v) is 2.48. The van der Waals surface area contributed by atoms with E-state index in [-0.39, 0.29) is 0 Å². The average molecular weight is 333 g/mol. The maximum absolute atomic E-state index is 12.2. The Kier molecular flexibility index (Phi) is 8.56. The monoisotopic (exact) mass is 333 g/mol. The predicted molar refractivity (Wildman–Crippen MR) is 90.3 cm³/mol. The summed E-state index contributed by atoms with van der Waals surface area (Å²) in [7, 11) is 0. The Bertz CT molecular complexity index is 423. The van der Waals surface area contributed by atoms with Gasteiger partial charge in [0.1, 0.15) is 0 Å². The second-order valence-corrected chi connectivity index (χ2v) is 5.78. The highest BCUT2D eigenvalue weighted by Gasteiger charge is 2.05. The molecule has 0 fully saturated rings. The van der Waals surface area contributed by atoms with Crippen LogP contribution in [0.1, 0.15) is 13.8 Å². The Labute approximate surface area is 134 Å². The maximum Gasteiger partial charge on any atom is 0.288 e. The summed E-state index contributed by atoms with van der Waals surface area (Å²) in [5.74, 6) is -2.40. The molecule has 7 heteroatoms. The standard InChI is InChI=1S/C14H21F2N3S2/c1-3-19(4-2)10-9-17-14(20)18-11-5-7-12(8-6-11)21-13(15)16/h5-8,13H,3-4,9-10H2,1-2H3,(H2,17,18,20). The van der Waals surface area contributed by atoms with Gasteiger partial charge < -0.3 is 15.5 Å². The van der Waals surface area contributed by atoms with Crippen LogP contribution in [-0.2, 0) is 0 Å². The second-order valence-electron chi connectivity index (χ2n) is 4.31. The van der Waals surface area contributed by atoms with Gasteiger partial charge >= 0.3 is 0 Å². The van der Waals surface area contributed by atoms with E-state index in [1.807, 2.05) is 0 Å². The molecule has 0 spiro atoms. The number of nitrogens with zero attached hydrogens (tertiary/aromatic N) is 1. The maximum atomic E-state index is 12.2. The molecule has 0 bridgehead atoms. The van der Waals surface area contributed by atoms with Crippen LogP contribution in [0.3, 0.4) is 0 Å². The number of hydrogen-bond acceptors (Lipinski definition) is 3. The zero-order valence-corrected chi connectivity index (χ0v) is 13.9. The first kappa shape index (κ1) is 18.1. The molecule has 0 aliphatic rings. The van der Waals surface area contributed by atoms with Gasteiger partial charge in [0.25, 0.3) is 5.76 Å². The highest BCUT2D eigenvalue weighted by molar-refractivity contribution is 7.99. The fraction of sp³-hybridized carbons (Fsp3) is 0.500. The minimum Gasteiger partial charge on any atom is -0.361 e. The quantitative estimate of drug-likeness (QED) is 0.560. The fourth-order valence-electron chi connectivity index (χ4n) is 1.76. The Balaban J connectivity index is 2.34. The van der Waals surface area contributed by atoms with Crippen molar-refractivity contribution in [2.45, 2.75) is 24.5 Å². The highest BCUT2D eigenvalue weighted by atomic mass is 32.2. The molecule has 0 atom stereocenters. The van der Waals surface area contributed by atoms with Gasteiger partial charge in [0, 0.05) is 23.7 Å². The molecule has 0 aliphatic heterocycles. The summed E-state index contributed by atoms with van der Waals surface area (Å²) in [5, 5.41) is 6.71. The van der Waals surface area contributed by atoms with Gasteiger partial charge in [-0.25, -0.2) is 0 Å². The number of nitrogens with one attached hydrogen (secondary N) is 2. The van der Waals surface area contributed by atoms with Crippen LogP contribution in [0, 0.1) is 0 Å². The molecule has 1 rings (SSSR count). The Morgan fingerprint density at radius 3 is 2.38 bits per heavy atom. The Morgan fingerprint density at radius 2 is 1.86 bits per heavy atom. The van der Waals surface area contributed by atoms with Crippen LogP contribution >= 0.6 is 24.0 Å². The number of thioether (sulfide) groups is 1. The Hall–Kier alpha value is -0.920. The van der Waals surface area contributed by atoms with E-state index in [4.69, 9.17) is 12.2 Å². The molecule has 0 radical (unpaired) electrons. The van der Waals surface area contributed by atoms with Crippen LogP contribution in [0.5, 0.6) is 0 Å². The number of hydrogen-bond donors (Lipinski definition) is 2. The lowest BCUT2D eigenvalue weighted by atomic mass is 10.3. The van der Waals surface area contributed by atoms with Gasteiger partial charge in [-0.1, -0.05) is 25.6 Å². The van der Waals surface area contributed by atoms with Crippen molar-refractivity contribution >= 4 is 34.8 Å². The largest absolute Gasteiger partial charge is 0.361 e. The number of halogens is 2. The van der Waals surface area contributed by atoms with Crippen molar-refractivity contribution in [3.63, 3.8) is 0 Å². The molecule has 0 unspecified atom stereocenters. The predicted octanol–water partition coefficient (Wildman–Crippen LogP) is 3.63. The number of thiocarbonyl (C=S) groups is 1. The summed E-state index contributed by atoms with van der Waals surface area (Å²) in [6, 6.07) is 6.78. The number of rotatable bonds is 8. The van der Waals surface area contributed by atoms with E-state index < -0.39 is 5.76 Å². The number of anilines is 1. The first-order valence-electron chi connectivity index (χ1n) is 6.87. The van der Waals surface area contributed by atoms with Gasteiger partial charge in [-0.15, -0.1) is 0 Å². The van der Waals surface area contributed by atoms with Crippen molar-refractivity contribution < 1.29 is 8.78 Å². The third-order valence-corrected chi connectivity index (χ3v) is 3.91. The lowest BCUT2D eigenvalue weighted by Gasteiger charge is -2.19. The van der Waals surface area contributed by atoms with Crippen LogP contribution in [-0.4, -0.2) is 41.9 Å². The van der Waals surface area contributed by atoms with E-state index in [1.54, 1.807) is 24.3 Å². The van der Waals surface area contributed by atoms with E-state index in [9.17, 15) is 8.78 Å². The normalized spacial score (nSPS) is 11.0. The van der Waals surface area contributed by atoms with E-state index in [1.165, 1.54) is 0 Å².